The summed E-state index contributed by atoms with van der Waals surface area (Å²) in [6.45, 7) is 0. The van der Waals surface area contributed by atoms with Crippen molar-refractivity contribution in [3.8, 4) is 5.75 Å². The lowest BCUT2D eigenvalue weighted by Gasteiger charge is -2.03. The van der Waals surface area contributed by atoms with Gasteiger partial charge in [0.05, 0.1) is 5.56 Å². The van der Waals surface area contributed by atoms with E-state index >= 15 is 0 Å². The van der Waals surface area contributed by atoms with Gasteiger partial charge < -0.3 is 9.67 Å². The number of aryl methyl sites for hydroxylation is 1. The average molecular weight is 320 g/mol. The van der Waals surface area contributed by atoms with Crippen molar-refractivity contribution < 1.29 is 14.7 Å². The number of aromatic nitrogens is 1. The van der Waals surface area contributed by atoms with Crippen molar-refractivity contribution >= 4 is 28.8 Å². The first-order valence-corrected chi connectivity index (χ1v) is 7.41. The number of benzene rings is 2. The van der Waals surface area contributed by atoms with Crippen molar-refractivity contribution in [1.29, 1.82) is 0 Å². The van der Waals surface area contributed by atoms with E-state index in [0.29, 0.717) is 0 Å². The molecule has 3 aromatic rings. The minimum absolute atomic E-state index is 0.0596. The van der Waals surface area contributed by atoms with Crippen LogP contribution in [0.4, 0.5) is 0 Å². The molecule has 1 aromatic heterocycles. The third-order valence-electron chi connectivity index (χ3n) is 3.73. The highest BCUT2D eigenvalue weighted by atomic mass is 16.3. The van der Waals surface area contributed by atoms with Crippen LogP contribution in [-0.2, 0) is 11.8 Å². The lowest BCUT2D eigenvalue weighted by atomic mass is 10.1. The second kappa shape index (κ2) is 6.42. The van der Waals surface area contributed by atoms with Crippen LogP contribution >= 0.6 is 0 Å². The van der Waals surface area contributed by atoms with Crippen LogP contribution in [0.5, 0.6) is 5.75 Å². The maximum atomic E-state index is 12.0. The van der Waals surface area contributed by atoms with Crippen molar-refractivity contribution in [2.75, 3.05) is 0 Å². The van der Waals surface area contributed by atoms with Gasteiger partial charge in [0.2, 0.25) is 0 Å². The topological polar surface area (TPSA) is 71.3 Å². The van der Waals surface area contributed by atoms with Crippen LogP contribution in [0.25, 0.3) is 17.0 Å². The van der Waals surface area contributed by atoms with Crippen LogP contribution in [0.2, 0.25) is 0 Å². The summed E-state index contributed by atoms with van der Waals surface area (Å²) < 4.78 is 1.97. The van der Waals surface area contributed by atoms with Gasteiger partial charge in [0.15, 0.2) is 0 Å². The Morgan fingerprint density at radius 3 is 2.58 bits per heavy atom. The first-order valence-electron chi connectivity index (χ1n) is 7.41. The molecule has 5 heteroatoms. The van der Waals surface area contributed by atoms with Crippen LogP contribution in [0.3, 0.4) is 0 Å². The first-order chi connectivity index (χ1) is 11.6. The molecule has 2 N–H and O–H groups in total. The monoisotopic (exact) mass is 320 g/mol. The van der Waals surface area contributed by atoms with E-state index in [9.17, 15) is 14.7 Å². The van der Waals surface area contributed by atoms with Crippen LogP contribution < -0.4 is 5.32 Å². The summed E-state index contributed by atoms with van der Waals surface area (Å²) in [5, 5.41) is 12.9. The zero-order valence-electron chi connectivity index (χ0n) is 13.1. The van der Waals surface area contributed by atoms with Gasteiger partial charge in [-0.15, -0.1) is 0 Å². The molecule has 0 atom stereocenters. The van der Waals surface area contributed by atoms with Crippen molar-refractivity contribution in [2.24, 2.45) is 7.05 Å². The van der Waals surface area contributed by atoms with Gasteiger partial charge in [0.25, 0.3) is 11.8 Å². The predicted octanol–water partition coefficient (Wildman–Crippen LogP) is 2.85. The molecule has 24 heavy (non-hydrogen) atoms. The smallest absolute Gasteiger partial charge is 0.261 e. The summed E-state index contributed by atoms with van der Waals surface area (Å²) >= 11 is 0. The van der Waals surface area contributed by atoms with E-state index in [-0.39, 0.29) is 11.3 Å². The van der Waals surface area contributed by atoms with Gasteiger partial charge in [0, 0.05) is 35.8 Å². The minimum atomic E-state index is -0.638. The number of amides is 2. The van der Waals surface area contributed by atoms with E-state index in [4.69, 9.17) is 0 Å². The van der Waals surface area contributed by atoms with Gasteiger partial charge >= 0.3 is 0 Å². The van der Waals surface area contributed by atoms with Crippen LogP contribution in [0, 0.1) is 0 Å². The Hall–Kier alpha value is -3.34. The summed E-state index contributed by atoms with van der Waals surface area (Å²) in [6, 6.07) is 13.9. The first kappa shape index (κ1) is 15.6. The molecule has 0 unspecified atom stereocenters. The second-order valence-corrected chi connectivity index (χ2v) is 5.38. The summed E-state index contributed by atoms with van der Waals surface area (Å²) in [6.07, 6.45) is 4.88. The Morgan fingerprint density at radius 1 is 1.08 bits per heavy atom. The number of carbonyl (C=O) groups is 2. The normalized spacial score (nSPS) is 11.0. The number of phenols is 1. The zero-order chi connectivity index (χ0) is 17.1. The van der Waals surface area contributed by atoms with Gasteiger partial charge in [-0.1, -0.05) is 30.3 Å². The highest BCUT2D eigenvalue weighted by Crippen LogP contribution is 2.21. The van der Waals surface area contributed by atoms with E-state index in [2.05, 4.69) is 5.32 Å². The molecule has 2 aromatic carbocycles. The molecular weight excluding hydrogens is 304 g/mol. The number of phenolic OH excluding ortho intramolecular Hbond substituents is 1. The number of imide groups is 1. The number of para-hydroxylation sites is 2. The third-order valence-corrected chi connectivity index (χ3v) is 3.73. The molecule has 0 aliphatic rings. The standard InChI is InChI=1S/C19H16N2O3/c1-21-12-13(14-6-2-4-8-16(14)21)10-11-18(23)20-19(24)15-7-3-5-9-17(15)22/h2-12,22H,1H3,(H,20,23,24). The number of hydrogen-bond acceptors (Lipinski definition) is 3. The average Bonchev–Trinajstić information content (AvgIpc) is 2.90. The third kappa shape index (κ3) is 3.05. The number of aromatic hydroxyl groups is 1. The molecule has 5 nitrogen and oxygen atoms in total. The van der Waals surface area contributed by atoms with Gasteiger partial charge in [-0.3, -0.25) is 14.9 Å². The molecule has 0 bridgehead atoms. The molecule has 0 saturated carbocycles. The van der Waals surface area contributed by atoms with Crippen molar-refractivity contribution in [2.45, 2.75) is 0 Å². The molecule has 3 rings (SSSR count). The summed E-state index contributed by atoms with van der Waals surface area (Å²) in [5.41, 5.74) is 2.01. The SMILES string of the molecule is Cn1cc(C=CC(=O)NC(=O)c2ccccc2O)c2ccccc21. The Bertz CT molecular complexity index is 954. The molecule has 1 heterocycles. The van der Waals surface area contributed by atoms with Crippen molar-refractivity contribution in [3.05, 3.63) is 71.9 Å². The number of rotatable bonds is 3. The molecule has 0 radical (unpaired) electrons. The van der Waals surface area contributed by atoms with E-state index in [1.807, 2.05) is 42.1 Å². The van der Waals surface area contributed by atoms with Crippen LogP contribution in [0.1, 0.15) is 15.9 Å². The van der Waals surface area contributed by atoms with Crippen LogP contribution in [0.15, 0.2) is 60.8 Å². The Morgan fingerprint density at radius 2 is 1.79 bits per heavy atom. The van der Waals surface area contributed by atoms with E-state index in [1.165, 1.54) is 18.2 Å². The molecule has 120 valence electrons. The fraction of sp³-hybridized carbons (Fsp3) is 0.0526. The number of nitrogens with zero attached hydrogens (tertiary/aromatic N) is 1. The zero-order valence-corrected chi connectivity index (χ0v) is 13.1. The second-order valence-electron chi connectivity index (χ2n) is 5.38. The van der Waals surface area contributed by atoms with Crippen molar-refractivity contribution in [1.82, 2.24) is 9.88 Å². The summed E-state index contributed by atoms with van der Waals surface area (Å²) in [7, 11) is 1.93. The number of hydrogen-bond donors (Lipinski definition) is 2. The quantitative estimate of drug-likeness (QED) is 0.729. The summed E-state index contributed by atoms with van der Waals surface area (Å²) in [4.78, 5) is 23.9. The Balaban J connectivity index is 1.76. The predicted molar refractivity (Wildman–Crippen MR) is 92.5 cm³/mol. The highest BCUT2D eigenvalue weighted by Gasteiger charge is 2.12. The van der Waals surface area contributed by atoms with Gasteiger partial charge in [-0.2, -0.15) is 0 Å². The fourth-order valence-corrected chi connectivity index (χ4v) is 2.56. The van der Waals surface area contributed by atoms with E-state index in [1.54, 1.807) is 18.2 Å². The summed E-state index contributed by atoms with van der Waals surface area (Å²) in [5.74, 6) is -1.35. The number of nitrogens with one attached hydrogen (secondary N) is 1. The lowest BCUT2D eigenvalue weighted by molar-refractivity contribution is -0.115. The molecule has 0 aliphatic heterocycles. The van der Waals surface area contributed by atoms with Crippen molar-refractivity contribution in [3.63, 3.8) is 0 Å². The van der Waals surface area contributed by atoms with Gasteiger partial charge in [0.1, 0.15) is 5.75 Å². The maximum Gasteiger partial charge on any atom is 0.261 e. The van der Waals surface area contributed by atoms with Crippen LogP contribution in [-0.4, -0.2) is 21.5 Å². The van der Waals surface area contributed by atoms with E-state index < -0.39 is 11.8 Å². The largest absolute Gasteiger partial charge is 0.507 e. The molecule has 2 amide bonds. The molecule has 0 aliphatic carbocycles. The molecule has 0 fully saturated rings. The lowest BCUT2D eigenvalue weighted by Crippen LogP contribution is -2.28. The molecule has 0 spiro atoms. The highest BCUT2D eigenvalue weighted by molar-refractivity contribution is 6.10. The number of fused-ring (bicyclic) bond motifs is 1. The maximum absolute atomic E-state index is 12.0. The number of carbonyl (C=O) groups excluding carboxylic acids is 2. The Kier molecular flexibility index (Phi) is 4.16. The van der Waals surface area contributed by atoms with Gasteiger partial charge in [-0.05, 0) is 24.3 Å². The van der Waals surface area contributed by atoms with Gasteiger partial charge in [-0.25, -0.2) is 0 Å². The fourth-order valence-electron chi connectivity index (χ4n) is 2.56. The molecule has 0 saturated heterocycles. The Labute approximate surface area is 138 Å². The minimum Gasteiger partial charge on any atom is -0.507 e. The molecular formula is C19H16N2O3. The van der Waals surface area contributed by atoms with E-state index in [0.717, 1.165) is 16.5 Å².